The van der Waals surface area contributed by atoms with E-state index in [1.54, 1.807) is 31.4 Å². The van der Waals surface area contributed by atoms with E-state index in [0.717, 1.165) is 0 Å². The number of aromatic nitrogens is 1. The minimum absolute atomic E-state index is 0.165. The van der Waals surface area contributed by atoms with Crippen LogP contribution in [0, 0.1) is 5.82 Å². The molecule has 1 unspecified atom stereocenters. The van der Waals surface area contributed by atoms with Crippen LogP contribution in [-0.4, -0.2) is 12.0 Å². The molecule has 1 heterocycles. The highest BCUT2D eigenvalue weighted by atomic mass is 35.5. The van der Waals surface area contributed by atoms with Gasteiger partial charge in [0.15, 0.2) is 0 Å². The number of nitrogens with zero attached hydrogens (tertiary/aromatic N) is 1. The lowest BCUT2D eigenvalue weighted by molar-refractivity contribution is 0.545. The molecule has 1 atom stereocenters. The van der Waals surface area contributed by atoms with E-state index < -0.39 is 0 Å². The molecule has 1 aromatic heterocycles. The number of benzene rings is 1. The van der Waals surface area contributed by atoms with Gasteiger partial charge < -0.3 is 5.32 Å². The fourth-order valence-electron chi connectivity index (χ4n) is 1.91. The van der Waals surface area contributed by atoms with Gasteiger partial charge in [-0.05, 0) is 49.4 Å². The zero-order chi connectivity index (χ0) is 13.8. The number of rotatable bonds is 4. The third-order valence-electron chi connectivity index (χ3n) is 2.90. The van der Waals surface area contributed by atoms with Gasteiger partial charge in [-0.2, -0.15) is 0 Å². The first-order chi connectivity index (χ1) is 9.11. The third kappa shape index (κ3) is 3.44. The van der Waals surface area contributed by atoms with Gasteiger partial charge >= 0.3 is 0 Å². The summed E-state index contributed by atoms with van der Waals surface area (Å²) in [6.07, 6.45) is 2.10. The smallest absolute Gasteiger partial charge is 0.126 e. The number of hydrogen-bond acceptors (Lipinski definition) is 2. The highest BCUT2D eigenvalue weighted by molar-refractivity contribution is 6.31. The van der Waals surface area contributed by atoms with E-state index in [2.05, 4.69) is 10.3 Å². The van der Waals surface area contributed by atoms with E-state index in [1.807, 2.05) is 0 Å². The number of halogens is 3. The number of likely N-dealkylation sites (N-methyl/N-ethyl adjacent to an activating group) is 1. The zero-order valence-corrected chi connectivity index (χ0v) is 11.8. The normalized spacial score (nSPS) is 12.4. The van der Waals surface area contributed by atoms with Crippen LogP contribution in [-0.2, 0) is 6.42 Å². The Hall–Kier alpha value is -1.16. The summed E-state index contributed by atoms with van der Waals surface area (Å²) in [6.45, 7) is 0. The molecule has 0 aliphatic rings. The predicted molar refractivity (Wildman–Crippen MR) is 76.2 cm³/mol. The first-order valence-corrected chi connectivity index (χ1v) is 6.59. The number of hydrogen-bond donors (Lipinski definition) is 1. The Morgan fingerprint density at radius 2 is 2.11 bits per heavy atom. The standard InChI is InChI=1S/C14H13Cl2FN2/c1-18-13(14-11(16)3-2-6-19-14)8-9-7-10(15)4-5-12(9)17/h2-7,13,18H,8H2,1H3. The van der Waals surface area contributed by atoms with Gasteiger partial charge in [-0.1, -0.05) is 23.2 Å². The first-order valence-electron chi connectivity index (χ1n) is 5.83. The molecule has 0 saturated carbocycles. The molecule has 0 spiro atoms. The van der Waals surface area contributed by atoms with Crippen molar-refractivity contribution in [2.24, 2.45) is 0 Å². The maximum atomic E-state index is 13.7. The maximum absolute atomic E-state index is 13.7. The molecule has 1 aromatic carbocycles. The van der Waals surface area contributed by atoms with Crippen LogP contribution in [0.4, 0.5) is 4.39 Å². The van der Waals surface area contributed by atoms with E-state index in [4.69, 9.17) is 23.2 Å². The fourth-order valence-corrected chi connectivity index (χ4v) is 2.36. The summed E-state index contributed by atoms with van der Waals surface area (Å²) in [4.78, 5) is 4.25. The van der Waals surface area contributed by atoms with Crippen LogP contribution in [0.15, 0.2) is 36.5 Å². The maximum Gasteiger partial charge on any atom is 0.126 e. The number of nitrogens with one attached hydrogen (secondary N) is 1. The minimum Gasteiger partial charge on any atom is -0.311 e. The molecule has 5 heteroatoms. The molecule has 0 fully saturated rings. The van der Waals surface area contributed by atoms with Crippen molar-refractivity contribution >= 4 is 23.2 Å². The Kier molecular flexibility index (Phi) is 4.75. The Morgan fingerprint density at radius 3 is 2.79 bits per heavy atom. The largest absolute Gasteiger partial charge is 0.311 e. The second kappa shape index (κ2) is 6.33. The van der Waals surface area contributed by atoms with Gasteiger partial charge in [-0.3, -0.25) is 4.98 Å². The highest BCUT2D eigenvalue weighted by Crippen LogP contribution is 2.25. The molecule has 0 aliphatic heterocycles. The van der Waals surface area contributed by atoms with Gasteiger partial charge in [-0.25, -0.2) is 4.39 Å². The summed E-state index contributed by atoms with van der Waals surface area (Å²) in [7, 11) is 1.79. The Morgan fingerprint density at radius 1 is 1.32 bits per heavy atom. The molecule has 0 amide bonds. The van der Waals surface area contributed by atoms with Crippen LogP contribution < -0.4 is 5.32 Å². The fraction of sp³-hybridized carbons (Fsp3) is 0.214. The summed E-state index contributed by atoms with van der Waals surface area (Å²) in [6, 6.07) is 7.88. The molecular formula is C14H13Cl2FN2. The summed E-state index contributed by atoms with van der Waals surface area (Å²) in [5.74, 6) is -0.281. The van der Waals surface area contributed by atoms with Crippen molar-refractivity contribution in [2.45, 2.75) is 12.5 Å². The van der Waals surface area contributed by atoms with Crippen LogP contribution in [0.25, 0.3) is 0 Å². The predicted octanol–water partition coefficient (Wildman–Crippen LogP) is 4.03. The highest BCUT2D eigenvalue weighted by Gasteiger charge is 2.16. The Labute approximate surface area is 121 Å². The average molecular weight is 299 g/mol. The molecule has 0 aliphatic carbocycles. The minimum atomic E-state index is -0.281. The summed E-state index contributed by atoms with van der Waals surface area (Å²) in [5, 5.41) is 4.17. The van der Waals surface area contributed by atoms with E-state index in [0.29, 0.717) is 27.7 Å². The first kappa shape index (κ1) is 14.3. The monoisotopic (exact) mass is 298 g/mol. The Balaban J connectivity index is 2.29. The lowest BCUT2D eigenvalue weighted by Gasteiger charge is -2.17. The van der Waals surface area contributed by atoms with E-state index in [1.165, 1.54) is 12.1 Å². The van der Waals surface area contributed by atoms with Crippen molar-refractivity contribution in [3.05, 3.63) is 63.6 Å². The van der Waals surface area contributed by atoms with Crippen molar-refractivity contribution in [3.63, 3.8) is 0 Å². The molecule has 1 N–H and O–H groups in total. The average Bonchev–Trinajstić information content (AvgIpc) is 2.41. The van der Waals surface area contributed by atoms with Crippen molar-refractivity contribution in [1.82, 2.24) is 10.3 Å². The molecular weight excluding hydrogens is 286 g/mol. The van der Waals surface area contributed by atoms with Crippen LogP contribution >= 0.6 is 23.2 Å². The van der Waals surface area contributed by atoms with Gasteiger partial charge in [0.05, 0.1) is 16.8 Å². The van der Waals surface area contributed by atoms with Gasteiger partial charge in [-0.15, -0.1) is 0 Å². The quantitative estimate of drug-likeness (QED) is 0.922. The van der Waals surface area contributed by atoms with E-state index in [9.17, 15) is 4.39 Å². The molecule has 0 saturated heterocycles. The molecule has 2 aromatic rings. The summed E-state index contributed by atoms with van der Waals surface area (Å²) in [5.41, 5.74) is 1.24. The van der Waals surface area contributed by atoms with Crippen LogP contribution in [0.1, 0.15) is 17.3 Å². The molecule has 2 nitrogen and oxygen atoms in total. The molecule has 19 heavy (non-hydrogen) atoms. The van der Waals surface area contributed by atoms with Crippen molar-refractivity contribution in [2.75, 3.05) is 7.05 Å². The number of pyridine rings is 1. The van der Waals surface area contributed by atoms with Crippen molar-refractivity contribution in [3.8, 4) is 0 Å². The van der Waals surface area contributed by atoms with Crippen LogP contribution in [0.3, 0.4) is 0 Å². The van der Waals surface area contributed by atoms with E-state index in [-0.39, 0.29) is 11.9 Å². The lowest BCUT2D eigenvalue weighted by Crippen LogP contribution is -2.21. The van der Waals surface area contributed by atoms with Gasteiger partial charge in [0.2, 0.25) is 0 Å². The SMILES string of the molecule is CNC(Cc1cc(Cl)ccc1F)c1ncccc1Cl. The lowest BCUT2D eigenvalue weighted by atomic mass is 10.0. The molecule has 0 bridgehead atoms. The Bertz CT molecular complexity index is 575. The molecule has 100 valence electrons. The summed E-state index contributed by atoms with van der Waals surface area (Å²) < 4.78 is 13.7. The zero-order valence-electron chi connectivity index (χ0n) is 10.3. The second-order valence-corrected chi connectivity index (χ2v) is 5.00. The van der Waals surface area contributed by atoms with Crippen LogP contribution in [0.5, 0.6) is 0 Å². The van der Waals surface area contributed by atoms with Crippen LogP contribution in [0.2, 0.25) is 10.0 Å². The second-order valence-electron chi connectivity index (χ2n) is 4.15. The topological polar surface area (TPSA) is 24.9 Å². The van der Waals surface area contributed by atoms with Gasteiger partial charge in [0.25, 0.3) is 0 Å². The third-order valence-corrected chi connectivity index (χ3v) is 3.45. The van der Waals surface area contributed by atoms with Gasteiger partial charge in [0, 0.05) is 11.2 Å². The molecule has 2 rings (SSSR count). The summed E-state index contributed by atoms with van der Waals surface area (Å²) >= 11 is 12.0. The van der Waals surface area contributed by atoms with Crippen molar-refractivity contribution in [1.29, 1.82) is 0 Å². The van der Waals surface area contributed by atoms with Gasteiger partial charge in [0.1, 0.15) is 5.82 Å². The van der Waals surface area contributed by atoms with E-state index >= 15 is 0 Å². The van der Waals surface area contributed by atoms with Crippen molar-refractivity contribution < 1.29 is 4.39 Å². The molecule has 0 radical (unpaired) electrons.